The molecule has 128 valence electrons. The van der Waals surface area contributed by atoms with Crippen LogP contribution >= 0.6 is 0 Å². The van der Waals surface area contributed by atoms with E-state index in [1.54, 1.807) is 6.92 Å². The van der Waals surface area contributed by atoms with Crippen molar-refractivity contribution in [3.05, 3.63) is 0 Å². The van der Waals surface area contributed by atoms with E-state index >= 15 is 0 Å². The highest BCUT2D eigenvalue weighted by Gasteiger charge is 2.28. The van der Waals surface area contributed by atoms with Gasteiger partial charge in [-0.15, -0.1) is 0 Å². The lowest BCUT2D eigenvalue weighted by atomic mass is 9.79. The molecule has 0 aromatic carbocycles. The molecule has 2 amide bonds. The molecule has 0 saturated heterocycles. The Bertz CT molecular complexity index is 366. The summed E-state index contributed by atoms with van der Waals surface area (Å²) >= 11 is 0. The lowest BCUT2D eigenvalue weighted by molar-refractivity contribution is -0.132. The van der Waals surface area contributed by atoms with Crippen LogP contribution in [0.5, 0.6) is 0 Å². The standard InChI is InChI=1S/C18H34N2O2/c1-6-7-8-14-9-11-15(12-10-14)17(22)19-13(2)16(21)20-18(3,4)5/h13-15H,6-12H2,1-5H3,(H,19,22)(H,20,21). The monoisotopic (exact) mass is 310 g/mol. The maximum atomic E-state index is 12.3. The molecule has 1 aliphatic rings. The molecular formula is C18H34N2O2. The fourth-order valence-electron chi connectivity index (χ4n) is 3.08. The zero-order chi connectivity index (χ0) is 16.8. The van der Waals surface area contributed by atoms with E-state index in [2.05, 4.69) is 17.6 Å². The summed E-state index contributed by atoms with van der Waals surface area (Å²) in [6.45, 7) is 9.81. The van der Waals surface area contributed by atoms with Crippen LogP contribution in [0.2, 0.25) is 0 Å². The van der Waals surface area contributed by atoms with Crippen molar-refractivity contribution in [3.63, 3.8) is 0 Å². The molecule has 0 heterocycles. The predicted molar refractivity (Wildman–Crippen MR) is 90.5 cm³/mol. The molecule has 22 heavy (non-hydrogen) atoms. The first-order valence-electron chi connectivity index (χ1n) is 8.85. The Balaban J connectivity index is 2.35. The number of rotatable bonds is 6. The summed E-state index contributed by atoms with van der Waals surface area (Å²) < 4.78 is 0. The van der Waals surface area contributed by atoms with Crippen LogP contribution in [-0.2, 0) is 9.59 Å². The van der Waals surface area contributed by atoms with Crippen molar-refractivity contribution in [3.8, 4) is 0 Å². The molecule has 2 N–H and O–H groups in total. The molecular weight excluding hydrogens is 276 g/mol. The van der Waals surface area contributed by atoms with Crippen molar-refractivity contribution in [1.29, 1.82) is 0 Å². The molecule has 0 bridgehead atoms. The fraction of sp³-hybridized carbons (Fsp3) is 0.889. The molecule has 0 spiro atoms. The number of hydrogen-bond acceptors (Lipinski definition) is 2. The Hall–Kier alpha value is -1.06. The van der Waals surface area contributed by atoms with Crippen LogP contribution in [0.15, 0.2) is 0 Å². The van der Waals surface area contributed by atoms with Gasteiger partial charge in [0.1, 0.15) is 6.04 Å². The average Bonchev–Trinajstić information content (AvgIpc) is 2.43. The molecule has 1 rings (SSSR count). The van der Waals surface area contributed by atoms with Crippen LogP contribution < -0.4 is 10.6 Å². The van der Waals surface area contributed by atoms with E-state index in [4.69, 9.17) is 0 Å². The first-order chi connectivity index (χ1) is 10.2. The van der Waals surface area contributed by atoms with Gasteiger partial charge >= 0.3 is 0 Å². The number of amides is 2. The quantitative estimate of drug-likeness (QED) is 0.790. The van der Waals surface area contributed by atoms with Crippen LogP contribution in [0.25, 0.3) is 0 Å². The van der Waals surface area contributed by atoms with Crippen molar-refractivity contribution in [2.24, 2.45) is 11.8 Å². The van der Waals surface area contributed by atoms with Gasteiger partial charge in [0.05, 0.1) is 0 Å². The van der Waals surface area contributed by atoms with Gasteiger partial charge in [-0.05, 0) is 59.3 Å². The highest BCUT2D eigenvalue weighted by molar-refractivity contribution is 5.88. The van der Waals surface area contributed by atoms with E-state index in [-0.39, 0.29) is 23.3 Å². The first kappa shape index (κ1) is 19.0. The summed E-state index contributed by atoms with van der Waals surface area (Å²) in [4.78, 5) is 24.3. The summed E-state index contributed by atoms with van der Waals surface area (Å²) in [6.07, 6.45) is 8.09. The van der Waals surface area contributed by atoms with Crippen molar-refractivity contribution >= 4 is 11.8 Å². The van der Waals surface area contributed by atoms with Crippen LogP contribution in [0.3, 0.4) is 0 Å². The molecule has 0 aliphatic heterocycles. The van der Waals surface area contributed by atoms with E-state index < -0.39 is 6.04 Å². The summed E-state index contributed by atoms with van der Waals surface area (Å²) in [7, 11) is 0. The Morgan fingerprint density at radius 2 is 1.73 bits per heavy atom. The van der Waals surface area contributed by atoms with Gasteiger partial charge < -0.3 is 10.6 Å². The Morgan fingerprint density at radius 3 is 2.23 bits per heavy atom. The molecule has 0 aromatic rings. The second kappa shape index (κ2) is 8.54. The molecule has 1 unspecified atom stereocenters. The first-order valence-corrected chi connectivity index (χ1v) is 8.85. The number of carbonyl (C=O) groups excluding carboxylic acids is 2. The average molecular weight is 310 g/mol. The molecule has 0 radical (unpaired) electrons. The van der Waals surface area contributed by atoms with Gasteiger partial charge in [0.2, 0.25) is 11.8 Å². The molecule has 0 aromatic heterocycles. The van der Waals surface area contributed by atoms with Crippen LogP contribution in [-0.4, -0.2) is 23.4 Å². The summed E-state index contributed by atoms with van der Waals surface area (Å²) in [5, 5.41) is 5.78. The van der Waals surface area contributed by atoms with Gasteiger partial charge in [-0.25, -0.2) is 0 Å². The highest BCUT2D eigenvalue weighted by Crippen LogP contribution is 2.32. The van der Waals surface area contributed by atoms with Crippen molar-refractivity contribution in [1.82, 2.24) is 10.6 Å². The lowest BCUT2D eigenvalue weighted by Gasteiger charge is -2.29. The Morgan fingerprint density at radius 1 is 1.14 bits per heavy atom. The zero-order valence-corrected chi connectivity index (χ0v) is 15.0. The zero-order valence-electron chi connectivity index (χ0n) is 15.0. The predicted octanol–water partition coefficient (Wildman–Crippen LogP) is 3.40. The second-order valence-corrected chi connectivity index (χ2v) is 7.83. The molecule has 1 atom stereocenters. The normalized spacial score (nSPS) is 23.7. The van der Waals surface area contributed by atoms with E-state index in [1.807, 2.05) is 20.8 Å². The SMILES string of the molecule is CCCCC1CCC(C(=O)NC(C)C(=O)NC(C)(C)C)CC1. The third-order valence-electron chi connectivity index (χ3n) is 4.43. The van der Waals surface area contributed by atoms with Gasteiger partial charge in [-0.3, -0.25) is 9.59 Å². The van der Waals surface area contributed by atoms with Gasteiger partial charge in [-0.2, -0.15) is 0 Å². The maximum Gasteiger partial charge on any atom is 0.242 e. The second-order valence-electron chi connectivity index (χ2n) is 7.83. The van der Waals surface area contributed by atoms with E-state index in [0.717, 1.165) is 31.6 Å². The minimum absolute atomic E-state index is 0.0468. The maximum absolute atomic E-state index is 12.3. The largest absolute Gasteiger partial charge is 0.350 e. The van der Waals surface area contributed by atoms with Gasteiger partial charge in [0, 0.05) is 11.5 Å². The van der Waals surface area contributed by atoms with Gasteiger partial charge in [0.15, 0.2) is 0 Å². The van der Waals surface area contributed by atoms with Crippen LogP contribution in [0, 0.1) is 11.8 Å². The molecule has 1 aliphatic carbocycles. The van der Waals surface area contributed by atoms with E-state index in [0.29, 0.717) is 0 Å². The number of hydrogen-bond donors (Lipinski definition) is 2. The van der Waals surface area contributed by atoms with Crippen molar-refractivity contribution in [2.45, 2.75) is 91.1 Å². The van der Waals surface area contributed by atoms with Crippen LogP contribution in [0.4, 0.5) is 0 Å². The molecule has 1 fully saturated rings. The minimum Gasteiger partial charge on any atom is -0.350 e. The van der Waals surface area contributed by atoms with Crippen LogP contribution in [0.1, 0.15) is 79.6 Å². The van der Waals surface area contributed by atoms with Gasteiger partial charge in [-0.1, -0.05) is 26.2 Å². The number of unbranched alkanes of at least 4 members (excludes halogenated alkanes) is 1. The number of carbonyl (C=O) groups is 2. The Labute approximate surface area is 135 Å². The highest BCUT2D eigenvalue weighted by atomic mass is 16.2. The molecule has 4 nitrogen and oxygen atoms in total. The third kappa shape index (κ3) is 6.80. The Kier molecular flexibility index (Phi) is 7.37. The fourth-order valence-corrected chi connectivity index (χ4v) is 3.08. The molecule has 4 heteroatoms. The van der Waals surface area contributed by atoms with Gasteiger partial charge in [0.25, 0.3) is 0 Å². The number of nitrogens with one attached hydrogen (secondary N) is 2. The topological polar surface area (TPSA) is 58.2 Å². The summed E-state index contributed by atoms with van der Waals surface area (Å²) in [6, 6.07) is -0.468. The lowest BCUT2D eigenvalue weighted by Crippen LogP contribution is -2.52. The summed E-state index contributed by atoms with van der Waals surface area (Å²) in [5.74, 6) is 0.816. The minimum atomic E-state index is -0.468. The summed E-state index contributed by atoms with van der Waals surface area (Å²) in [5.41, 5.74) is -0.270. The van der Waals surface area contributed by atoms with E-state index in [1.165, 1.54) is 19.3 Å². The van der Waals surface area contributed by atoms with Crippen molar-refractivity contribution in [2.75, 3.05) is 0 Å². The third-order valence-corrected chi connectivity index (χ3v) is 4.43. The van der Waals surface area contributed by atoms with Crippen molar-refractivity contribution < 1.29 is 9.59 Å². The molecule has 1 saturated carbocycles. The smallest absolute Gasteiger partial charge is 0.242 e. The van der Waals surface area contributed by atoms with E-state index in [9.17, 15) is 9.59 Å².